The molecule has 0 bridgehead atoms. The average Bonchev–Trinajstić information content (AvgIpc) is 3.21. The first-order valence-electron chi connectivity index (χ1n) is 10.5. The van der Waals surface area contributed by atoms with Crippen LogP contribution in [0.1, 0.15) is 43.9 Å². The molecule has 2 N–H and O–H groups in total. The first-order chi connectivity index (χ1) is 13.8. The van der Waals surface area contributed by atoms with Crippen LogP contribution >= 0.6 is 0 Å². The molecule has 1 heterocycles. The minimum atomic E-state index is 0.156. The van der Waals surface area contributed by atoms with Gasteiger partial charge in [0.2, 0.25) is 0 Å². The van der Waals surface area contributed by atoms with Crippen molar-refractivity contribution in [3.8, 4) is 0 Å². The molecule has 3 unspecified atom stereocenters. The Balaban J connectivity index is 1.54. The Labute approximate surface area is 169 Å². The minimum absolute atomic E-state index is 0.156. The van der Waals surface area contributed by atoms with Crippen LogP contribution in [-0.2, 0) is 11.2 Å². The van der Waals surface area contributed by atoms with Crippen molar-refractivity contribution < 1.29 is 4.74 Å². The molecule has 2 aromatic carbocycles. The number of aliphatic imine (C=N–C) groups is 1. The minimum Gasteiger partial charge on any atom is -0.373 e. The summed E-state index contributed by atoms with van der Waals surface area (Å²) in [4.78, 5) is 4.88. The van der Waals surface area contributed by atoms with Gasteiger partial charge in [0.15, 0.2) is 5.96 Å². The average molecular weight is 380 g/mol. The summed E-state index contributed by atoms with van der Waals surface area (Å²) in [5.41, 5.74) is 2.64. The van der Waals surface area contributed by atoms with E-state index in [2.05, 4.69) is 85.1 Å². The van der Waals surface area contributed by atoms with Gasteiger partial charge in [0, 0.05) is 31.7 Å². The molecule has 0 aliphatic carbocycles. The van der Waals surface area contributed by atoms with Gasteiger partial charge in [0.1, 0.15) is 0 Å². The molecule has 0 spiro atoms. The fourth-order valence-electron chi connectivity index (χ4n) is 3.69. The van der Waals surface area contributed by atoms with E-state index in [9.17, 15) is 0 Å². The molecule has 4 nitrogen and oxygen atoms in total. The van der Waals surface area contributed by atoms with Crippen molar-refractivity contribution in [1.82, 2.24) is 10.6 Å². The van der Waals surface area contributed by atoms with Crippen LogP contribution in [0.3, 0.4) is 0 Å². The number of guanidine groups is 1. The van der Waals surface area contributed by atoms with E-state index < -0.39 is 0 Å². The lowest BCUT2D eigenvalue weighted by molar-refractivity contribution is 0.0925. The van der Waals surface area contributed by atoms with Gasteiger partial charge in [0.25, 0.3) is 0 Å². The Bertz CT molecular complexity index is 717. The van der Waals surface area contributed by atoms with E-state index in [-0.39, 0.29) is 6.10 Å². The molecule has 1 saturated heterocycles. The molecule has 0 saturated carbocycles. The van der Waals surface area contributed by atoms with E-state index in [1.165, 1.54) is 11.1 Å². The molecule has 2 aromatic rings. The monoisotopic (exact) mass is 379 g/mol. The number of benzene rings is 2. The molecule has 1 aliphatic heterocycles. The van der Waals surface area contributed by atoms with Crippen molar-refractivity contribution in [3.05, 3.63) is 71.8 Å². The zero-order chi connectivity index (χ0) is 19.6. The summed E-state index contributed by atoms with van der Waals surface area (Å²) >= 11 is 0. The Morgan fingerprint density at radius 3 is 2.54 bits per heavy atom. The van der Waals surface area contributed by atoms with E-state index >= 15 is 0 Å². The second-order valence-corrected chi connectivity index (χ2v) is 7.54. The summed E-state index contributed by atoms with van der Waals surface area (Å²) in [6, 6.07) is 21.5. The zero-order valence-corrected chi connectivity index (χ0v) is 17.1. The molecule has 1 aliphatic rings. The highest BCUT2D eigenvalue weighted by molar-refractivity contribution is 5.80. The van der Waals surface area contributed by atoms with Crippen LogP contribution < -0.4 is 10.6 Å². The van der Waals surface area contributed by atoms with Gasteiger partial charge < -0.3 is 15.4 Å². The summed E-state index contributed by atoms with van der Waals surface area (Å²) in [6.07, 6.45) is 3.36. The Kier molecular flexibility index (Phi) is 7.92. The second-order valence-electron chi connectivity index (χ2n) is 7.54. The molecule has 150 valence electrons. The molecule has 0 amide bonds. The first-order valence-corrected chi connectivity index (χ1v) is 10.5. The van der Waals surface area contributed by atoms with Crippen molar-refractivity contribution in [3.63, 3.8) is 0 Å². The van der Waals surface area contributed by atoms with Crippen molar-refractivity contribution in [2.45, 2.75) is 45.3 Å². The van der Waals surface area contributed by atoms with Crippen molar-refractivity contribution in [2.75, 3.05) is 19.7 Å². The topological polar surface area (TPSA) is 45.7 Å². The summed E-state index contributed by atoms with van der Waals surface area (Å²) in [6.45, 7) is 6.79. The lowest BCUT2D eigenvalue weighted by Gasteiger charge is -2.20. The standard InChI is InChI=1S/C24H33N3O/c1-3-25-24(27-19(2)14-15-20-10-6-4-7-11-20)26-18-22-16-17-28-23(22)21-12-8-5-9-13-21/h4-13,19,22-23H,3,14-18H2,1-2H3,(H2,25,26,27). The van der Waals surface area contributed by atoms with E-state index in [0.29, 0.717) is 12.0 Å². The SMILES string of the molecule is CCNC(=NCC1CCOC1c1ccccc1)NC(C)CCc1ccccc1. The number of aryl methyl sites for hydroxylation is 1. The first kappa shape index (κ1) is 20.4. The van der Waals surface area contributed by atoms with Gasteiger partial charge in [-0.15, -0.1) is 0 Å². The van der Waals surface area contributed by atoms with Crippen molar-refractivity contribution in [1.29, 1.82) is 0 Å². The van der Waals surface area contributed by atoms with Gasteiger partial charge in [-0.05, 0) is 44.2 Å². The fourth-order valence-corrected chi connectivity index (χ4v) is 3.69. The molecule has 28 heavy (non-hydrogen) atoms. The van der Waals surface area contributed by atoms with Crippen LogP contribution in [-0.4, -0.2) is 31.7 Å². The summed E-state index contributed by atoms with van der Waals surface area (Å²) in [5.74, 6) is 1.33. The second kappa shape index (κ2) is 10.9. The maximum Gasteiger partial charge on any atom is 0.191 e. The maximum absolute atomic E-state index is 6.00. The molecule has 4 heteroatoms. The molecule has 0 aromatic heterocycles. The highest BCUT2D eigenvalue weighted by Crippen LogP contribution is 2.34. The third-order valence-electron chi connectivity index (χ3n) is 5.26. The van der Waals surface area contributed by atoms with Gasteiger partial charge in [0.05, 0.1) is 6.10 Å². The number of hydrogen-bond donors (Lipinski definition) is 2. The Hall–Kier alpha value is -2.33. The summed E-state index contributed by atoms with van der Waals surface area (Å²) < 4.78 is 6.00. The third-order valence-corrected chi connectivity index (χ3v) is 5.26. The van der Waals surface area contributed by atoms with E-state index in [4.69, 9.17) is 9.73 Å². The number of ether oxygens (including phenoxy) is 1. The van der Waals surface area contributed by atoms with Crippen LogP contribution in [0, 0.1) is 5.92 Å². The predicted molar refractivity (Wildman–Crippen MR) is 117 cm³/mol. The van der Waals surface area contributed by atoms with Crippen molar-refractivity contribution >= 4 is 5.96 Å². The number of nitrogens with zero attached hydrogens (tertiary/aromatic N) is 1. The summed E-state index contributed by atoms with van der Waals surface area (Å²) in [5, 5.41) is 6.95. The number of hydrogen-bond acceptors (Lipinski definition) is 2. The highest BCUT2D eigenvalue weighted by Gasteiger charge is 2.29. The third kappa shape index (κ3) is 6.10. The molecule has 3 rings (SSSR count). The van der Waals surface area contributed by atoms with Gasteiger partial charge in [-0.1, -0.05) is 60.7 Å². The van der Waals surface area contributed by atoms with Crippen LogP contribution in [0.5, 0.6) is 0 Å². The molecule has 3 atom stereocenters. The Morgan fingerprint density at radius 1 is 1.11 bits per heavy atom. The zero-order valence-electron chi connectivity index (χ0n) is 17.1. The van der Waals surface area contributed by atoms with Crippen LogP contribution in [0.15, 0.2) is 65.7 Å². The quantitative estimate of drug-likeness (QED) is 0.530. The van der Waals surface area contributed by atoms with Gasteiger partial charge in [-0.3, -0.25) is 4.99 Å². The molecule has 0 radical (unpaired) electrons. The van der Waals surface area contributed by atoms with Crippen LogP contribution in [0.4, 0.5) is 0 Å². The maximum atomic E-state index is 6.00. The van der Waals surface area contributed by atoms with Gasteiger partial charge in [-0.2, -0.15) is 0 Å². The number of rotatable bonds is 8. The largest absolute Gasteiger partial charge is 0.373 e. The smallest absolute Gasteiger partial charge is 0.191 e. The number of nitrogens with one attached hydrogen (secondary N) is 2. The molecule has 1 fully saturated rings. The molecular formula is C24H33N3O. The van der Waals surface area contributed by atoms with E-state index in [1.54, 1.807) is 0 Å². The van der Waals surface area contributed by atoms with Crippen LogP contribution in [0.25, 0.3) is 0 Å². The van der Waals surface area contributed by atoms with Gasteiger partial charge >= 0.3 is 0 Å². The van der Waals surface area contributed by atoms with E-state index in [0.717, 1.165) is 44.9 Å². The lowest BCUT2D eigenvalue weighted by Crippen LogP contribution is -2.42. The van der Waals surface area contributed by atoms with Gasteiger partial charge in [-0.25, -0.2) is 0 Å². The summed E-state index contributed by atoms with van der Waals surface area (Å²) in [7, 11) is 0. The highest BCUT2D eigenvalue weighted by atomic mass is 16.5. The Morgan fingerprint density at radius 2 is 1.82 bits per heavy atom. The predicted octanol–water partition coefficient (Wildman–Crippen LogP) is 4.34. The lowest BCUT2D eigenvalue weighted by atomic mass is 9.95. The van der Waals surface area contributed by atoms with E-state index in [1.807, 2.05) is 0 Å². The fraction of sp³-hybridized carbons (Fsp3) is 0.458. The van der Waals surface area contributed by atoms with Crippen molar-refractivity contribution in [2.24, 2.45) is 10.9 Å². The van der Waals surface area contributed by atoms with Crippen LogP contribution in [0.2, 0.25) is 0 Å². The normalized spacial score (nSPS) is 20.7. The molecular weight excluding hydrogens is 346 g/mol.